The number of carbonyl (C=O) groups is 3. The maximum absolute atomic E-state index is 12.0. The minimum absolute atomic E-state index is 0.0711. The standard InChI is InChI=1S/C17H24N2O3/c1-4-11-18-17(22)13(3)19-16(21)10-9-15(20)14-7-5-12(2)6-8-14/h5-8,13H,4,9-11H2,1-3H3,(H,18,22)(H,19,21)/t13-/m1/s1. The molecule has 0 heterocycles. The van der Waals surface area contributed by atoms with Crippen LogP contribution in [-0.4, -0.2) is 30.2 Å². The number of rotatable bonds is 8. The monoisotopic (exact) mass is 304 g/mol. The van der Waals surface area contributed by atoms with E-state index in [1.54, 1.807) is 19.1 Å². The van der Waals surface area contributed by atoms with Gasteiger partial charge in [-0.2, -0.15) is 0 Å². The second kappa shape index (κ2) is 8.97. The summed E-state index contributed by atoms with van der Waals surface area (Å²) in [6.45, 7) is 6.13. The summed E-state index contributed by atoms with van der Waals surface area (Å²) in [5.41, 5.74) is 1.69. The fraction of sp³-hybridized carbons (Fsp3) is 0.471. The molecule has 2 N–H and O–H groups in total. The lowest BCUT2D eigenvalue weighted by Crippen LogP contribution is -2.45. The van der Waals surface area contributed by atoms with Gasteiger partial charge < -0.3 is 10.6 Å². The van der Waals surface area contributed by atoms with Crippen LogP contribution >= 0.6 is 0 Å². The average molecular weight is 304 g/mol. The molecule has 0 unspecified atom stereocenters. The lowest BCUT2D eigenvalue weighted by molar-refractivity contribution is -0.128. The van der Waals surface area contributed by atoms with Gasteiger partial charge in [0.25, 0.3) is 0 Å². The highest BCUT2D eigenvalue weighted by atomic mass is 16.2. The van der Waals surface area contributed by atoms with E-state index in [0.29, 0.717) is 12.1 Å². The zero-order chi connectivity index (χ0) is 16.5. The molecule has 0 aromatic heterocycles. The highest BCUT2D eigenvalue weighted by Crippen LogP contribution is 2.07. The molecule has 0 bridgehead atoms. The number of aryl methyl sites for hydroxylation is 1. The van der Waals surface area contributed by atoms with Crippen LogP contribution < -0.4 is 10.6 Å². The van der Waals surface area contributed by atoms with Crippen molar-refractivity contribution in [2.24, 2.45) is 0 Å². The van der Waals surface area contributed by atoms with Gasteiger partial charge in [0.15, 0.2) is 5.78 Å². The van der Waals surface area contributed by atoms with Gasteiger partial charge in [-0.15, -0.1) is 0 Å². The van der Waals surface area contributed by atoms with Crippen molar-refractivity contribution in [2.45, 2.75) is 46.1 Å². The molecule has 5 heteroatoms. The number of nitrogens with one attached hydrogen (secondary N) is 2. The third-order valence-electron chi connectivity index (χ3n) is 3.27. The molecule has 0 fully saturated rings. The Morgan fingerprint density at radius 1 is 1.09 bits per heavy atom. The third-order valence-corrected chi connectivity index (χ3v) is 3.27. The molecule has 0 aliphatic carbocycles. The van der Waals surface area contributed by atoms with Crippen LogP contribution in [0.2, 0.25) is 0 Å². The first-order valence-electron chi connectivity index (χ1n) is 7.61. The van der Waals surface area contributed by atoms with Crippen molar-refractivity contribution in [2.75, 3.05) is 6.54 Å². The van der Waals surface area contributed by atoms with E-state index in [0.717, 1.165) is 12.0 Å². The highest BCUT2D eigenvalue weighted by molar-refractivity contribution is 5.98. The molecule has 1 aromatic carbocycles. The number of carbonyl (C=O) groups excluding carboxylic acids is 3. The summed E-state index contributed by atoms with van der Waals surface area (Å²) in [5, 5.41) is 5.31. The molecule has 22 heavy (non-hydrogen) atoms. The smallest absolute Gasteiger partial charge is 0.242 e. The summed E-state index contributed by atoms with van der Waals surface area (Å²) in [5.74, 6) is -0.571. The van der Waals surface area contributed by atoms with Crippen LogP contribution in [0.5, 0.6) is 0 Å². The topological polar surface area (TPSA) is 75.3 Å². The van der Waals surface area contributed by atoms with Crippen LogP contribution in [0.15, 0.2) is 24.3 Å². The summed E-state index contributed by atoms with van der Waals surface area (Å²) in [6.07, 6.45) is 1.06. The summed E-state index contributed by atoms with van der Waals surface area (Å²) >= 11 is 0. The van der Waals surface area contributed by atoms with Crippen LogP contribution in [0.3, 0.4) is 0 Å². The summed E-state index contributed by atoms with van der Waals surface area (Å²) in [4.78, 5) is 35.4. The number of hydrogen-bond donors (Lipinski definition) is 2. The van der Waals surface area contributed by atoms with Gasteiger partial charge in [0, 0.05) is 24.9 Å². The molecule has 0 saturated carbocycles. The molecule has 0 aliphatic rings. The average Bonchev–Trinajstić information content (AvgIpc) is 2.50. The molecule has 5 nitrogen and oxygen atoms in total. The van der Waals surface area contributed by atoms with E-state index < -0.39 is 6.04 Å². The van der Waals surface area contributed by atoms with Gasteiger partial charge in [-0.1, -0.05) is 36.8 Å². The zero-order valence-electron chi connectivity index (χ0n) is 13.4. The van der Waals surface area contributed by atoms with Gasteiger partial charge in [-0.05, 0) is 20.3 Å². The Morgan fingerprint density at radius 2 is 1.73 bits per heavy atom. The van der Waals surface area contributed by atoms with Crippen LogP contribution in [0, 0.1) is 6.92 Å². The van der Waals surface area contributed by atoms with Crippen molar-refractivity contribution < 1.29 is 14.4 Å². The van der Waals surface area contributed by atoms with Gasteiger partial charge in [-0.25, -0.2) is 0 Å². The molecule has 1 atom stereocenters. The molecular weight excluding hydrogens is 280 g/mol. The molecule has 120 valence electrons. The maximum Gasteiger partial charge on any atom is 0.242 e. The van der Waals surface area contributed by atoms with Crippen molar-refractivity contribution in [3.8, 4) is 0 Å². The van der Waals surface area contributed by atoms with E-state index in [1.165, 1.54) is 0 Å². The molecule has 0 spiro atoms. The Hall–Kier alpha value is -2.17. The van der Waals surface area contributed by atoms with E-state index in [-0.39, 0.29) is 30.4 Å². The lowest BCUT2D eigenvalue weighted by Gasteiger charge is -2.13. The van der Waals surface area contributed by atoms with Crippen LogP contribution in [0.25, 0.3) is 0 Å². The van der Waals surface area contributed by atoms with Crippen LogP contribution in [-0.2, 0) is 9.59 Å². The fourth-order valence-corrected chi connectivity index (χ4v) is 1.89. The number of Topliss-reactive ketones (excluding diaryl/α,β-unsaturated/α-hetero) is 1. The number of benzene rings is 1. The second-order valence-corrected chi connectivity index (χ2v) is 5.37. The Labute approximate surface area is 131 Å². The van der Waals surface area contributed by atoms with Crippen molar-refractivity contribution >= 4 is 17.6 Å². The summed E-state index contributed by atoms with van der Waals surface area (Å²) in [7, 11) is 0. The minimum atomic E-state index is -0.589. The molecule has 2 amide bonds. The Kier molecular flexibility index (Phi) is 7.29. The van der Waals surface area contributed by atoms with Gasteiger partial charge in [0.05, 0.1) is 0 Å². The summed E-state index contributed by atoms with van der Waals surface area (Å²) in [6, 6.07) is 6.67. The summed E-state index contributed by atoms with van der Waals surface area (Å²) < 4.78 is 0. The fourth-order valence-electron chi connectivity index (χ4n) is 1.89. The van der Waals surface area contributed by atoms with E-state index in [1.807, 2.05) is 26.0 Å². The van der Waals surface area contributed by atoms with E-state index in [2.05, 4.69) is 10.6 Å². The number of amides is 2. The lowest BCUT2D eigenvalue weighted by atomic mass is 10.0. The van der Waals surface area contributed by atoms with Crippen molar-refractivity contribution in [1.29, 1.82) is 0 Å². The Morgan fingerprint density at radius 3 is 2.32 bits per heavy atom. The predicted molar refractivity (Wildman–Crippen MR) is 85.6 cm³/mol. The maximum atomic E-state index is 12.0. The third kappa shape index (κ3) is 6.08. The largest absolute Gasteiger partial charge is 0.354 e. The molecule has 0 radical (unpaired) electrons. The molecule has 0 aliphatic heterocycles. The van der Waals surface area contributed by atoms with Crippen molar-refractivity contribution in [3.63, 3.8) is 0 Å². The second-order valence-electron chi connectivity index (χ2n) is 5.37. The first-order chi connectivity index (χ1) is 10.4. The molecule has 1 rings (SSSR count). The number of ketones is 1. The highest BCUT2D eigenvalue weighted by Gasteiger charge is 2.16. The predicted octanol–water partition coefficient (Wildman–Crippen LogP) is 1.99. The van der Waals surface area contributed by atoms with Gasteiger partial charge in [-0.3, -0.25) is 14.4 Å². The Bertz CT molecular complexity index is 523. The quantitative estimate of drug-likeness (QED) is 0.721. The van der Waals surface area contributed by atoms with Gasteiger partial charge in [0.1, 0.15) is 6.04 Å². The molecule has 0 saturated heterocycles. The zero-order valence-corrected chi connectivity index (χ0v) is 13.4. The van der Waals surface area contributed by atoms with Crippen molar-refractivity contribution in [3.05, 3.63) is 35.4 Å². The number of hydrogen-bond acceptors (Lipinski definition) is 3. The first kappa shape index (κ1) is 17.9. The molecule has 1 aromatic rings. The minimum Gasteiger partial charge on any atom is -0.354 e. The van der Waals surface area contributed by atoms with Gasteiger partial charge in [0.2, 0.25) is 11.8 Å². The first-order valence-corrected chi connectivity index (χ1v) is 7.61. The van der Waals surface area contributed by atoms with Crippen molar-refractivity contribution in [1.82, 2.24) is 10.6 Å². The molecular formula is C17H24N2O3. The van der Waals surface area contributed by atoms with Crippen LogP contribution in [0.1, 0.15) is 49.0 Å². The SMILES string of the molecule is CCCNC(=O)[C@@H](C)NC(=O)CCC(=O)c1ccc(C)cc1. The van der Waals surface area contributed by atoms with E-state index in [4.69, 9.17) is 0 Å². The normalized spacial score (nSPS) is 11.6. The van der Waals surface area contributed by atoms with Crippen LogP contribution in [0.4, 0.5) is 0 Å². The van der Waals surface area contributed by atoms with Gasteiger partial charge >= 0.3 is 0 Å². The van der Waals surface area contributed by atoms with E-state index >= 15 is 0 Å². The van der Waals surface area contributed by atoms with E-state index in [9.17, 15) is 14.4 Å². The Balaban J connectivity index is 2.37.